The molecule has 3 aromatic rings. The number of H-pyrrole nitrogens is 1. The highest BCUT2D eigenvalue weighted by Gasteiger charge is 2.36. The molecule has 7 heteroatoms. The van der Waals surface area contributed by atoms with Crippen LogP contribution < -0.4 is 0 Å². The maximum atomic E-state index is 13.1. The lowest BCUT2D eigenvalue weighted by molar-refractivity contribution is -0.137. The molecule has 1 N–H and O–H groups in total. The smallest absolute Gasteiger partial charge is 0.360 e. The second-order valence-electron chi connectivity index (χ2n) is 4.60. The van der Waals surface area contributed by atoms with Gasteiger partial charge >= 0.3 is 6.18 Å². The summed E-state index contributed by atoms with van der Waals surface area (Å²) in [6.45, 7) is 1.88. The zero-order valence-corrected chi connectivity index (χ0v) is 11.5. The fourth-order valence-electron chi connectivity index (χ4n) is 2.27. The Labute approximate surface area is 122 Å². The maximum absolute atomic E-state index is 13.1. The summed E-state index contributed by atoms with van der Waals surface area (Å²) in [4.78, 5) is 10.2. The van der Waals surface area contributed by atoms with Gasteiger partial charge in [-0.15, -0.1) is 0 Å². The predicted octanol–water partition coefficient (Wildman–Crippen LogP) is 4.61. The maximum Gasteiger partial charge on any atom is 0.419 e. The Morgan fingerprint density at radius 3 is 2.71 bits per heavy atom. The van der Waals surface area contributed by atoms with E-state index in [1.165, 1.54) is 6.20 Å². The Kier molecular flexibility index (Phi) is 3.13. The number of alkyl halides is 3. The van der Waals surface area contributed by atoms with Crippen molar-refractivity contribution < 1.29 is 13.2 Å². The fourth-order valence-corrected chi connectivity index (χ4v) is 2.41. The van der Waals surface area contributed by atoms with Gasteiger partial charge in [0.2, 0.25) is 5.28 Å². The molecule has 0 aliphatic rings. The van der Waals surface area contributed by atoms with Crippen LogP contribution >= 0.6 is 11.6 Å². The number of hydrogen-bond acceptors (Lipinski definition) is 2. The van der Waals surface area contributed by atoms with E-state index in [2.05, 4.69) is 15.0 Å². The zero-order valence-electron chi connectivity index (χ0n) is 10.8. The molecule has 0 saturated heterocycles. The van der Waals surface area contributed by atoms with E-state index >= 15 is 0 Å². The normalized spacial score (nSPS) is 12.0. The van der Waals surface area contributed by atoms with Gasteiger partial charge in [0.1, 0.15) is 5.56 Å². The molecule has 21 heavy (non-hydrogen) atoms. The number of para-hydroxylation sites is 1. The molecule has 2 aromatic heterocycles. The van der Waals surface area contributed by atoms with E-state index in [0.717, 1.165) is 11.1 Å². The van der Waals surface area contributed by atoms with Gasteiger partial charge < -0.3 is 4.98 Å². The molecule has 3 rings (SSSR count). The van der Waals surface area contributed by atoms with Crippen molar-refractivity contribution in [2.75, 3.05) is 0 Å². The lowest BCUT2D eigenvalue weighted by atomic mass is 10.0. The summed E-state index contributed by atoms with van der Waals surface area (Å²) in [5.74, 6) is 0. The van der Waals surface area contributed by atoms with E-state index in [1.807, 2.05) is 13.0 Å². The lowest BCUT2D eigenvalue weighted by Gasteiger charge is -2.11. The molecule has 0 atom stereocenters. The summed E-state index contributed by atoms with van der Waals surface area (Å²) in [6.07, 6.45) is -2.34. The van der Waals surface area contributed by atoms with Crippen LogP contribution in [0.1, 0.15) is 11.1 Å². The molecule has 0 aliphatic carbocycles. The second-order valence-corrected chi connectivity index (χ2v) is 4.94. The minimum absolute atomic E-state index is 0.222. The van der Waals surface area contributed by atoms with Crippen molar-refractivity contribution in [1.29, 1.82) is 0 Å². The van der Waals surface area contributed by atoms with Crippen LogP contribution in [0.2, 0.25) is 5.28 Å². The predicted molar refractivity (Wildman–Crippen MR) is 74.1 cm³/mol. The fraction of sp³-hybridized carbons (Fsp3) is 0.143. The molecule has 108 valence electrons. The third-order valence-electron chi connectivity index (χ3n) is 3.24. The number of halogens is 4. The third-order valence-corrected chi connectivity index (χ3v) is 3.43. The van der Waals surface area contributed by atoms with Crippen molar-refractivity contribution in [3.8, 4) is 11.3 Å². The van der Waals surface area contributed by atoms with E-state index in [0.29, 0.717) is 17.1 Å². The van der Waals surface area contributed by atoms with Crippen LogP contribution in [0.4, 0.5) is 13.2 Å². The zero-order chi connectivity index (χ0) is 15.2. The molecule has 2 heterocycles. The minimum atomic E-state index is -4.55. The first-order valence-electron chi connectivity index (χ1n) is 6.04. The molecular formula is C14H9ClF3N3. The molecule has 3 nitrogen and oxygen atoms in total. The Morgan fingerprint density at radius 1 is 1.24 bits per heavy atom. The van der Waals surface area contributed by atoms with Crippen LogP contribution in [0.25, 0.3) is 22.2 Å². The molecule has 0 unspecified atom stereocenters. The summed E-state index contributed by atoms with van der Waals surface area (Å²) >= 11 is 5.67. The number of benzene rings is 1. The first-order valence-corrected chi connectivity index (χ1v) is 6.42. The minimum Gasteiger partial charge on any atom is -0.360 e. The van der Waals surface area contributed by atoms with Gasteiger partial charge in [0.15, 0.2) is 0 Å². The summed E-state index contributed by atoms with van der Waals surface area (Å²) in [5.41, 5.74) is 0.932. The quantitative estimate of drug-likeness (QED) is 0.667. The van der Waals surface area contributed by atoms with Gasteiger partial charge in [-0.1, -0.05) is 18.2 Å². The van der Waals surface area contributed by atoms with Crippen LogP contribution in [0.3, 0.4) is 0 Å². The van der Waals surface area contributed by atoms with Gasteiger partial charge in [0.05, 0.1) is 5.69 Å². The van der Waals surface area contributed by atoms with Crippen molar-refractivity contribution >= 4 is 22.5 Å². The standard InChI is InChI=1S/C14H9ClF3N3/c1-7-3-2-4-8-9(5-19-11(7)8)12-10(14(16,17)18)6-20-13(15)21-12/h2-6,19H,1H3. The van der Waals surface area contributed by atoms with Crippen molar-refractivity contribution in [3.63, 3.8) is 0 Å². The van der Waals surface area contributed by atoms with Gasteiger partial charge in [-0.25, -0.2) is 9.97 Å². The van der Waals surface area contributed by atoms with Crippen LogP contribution in [-0.4, -0.2) is 15.0 Å². The van der Waals surface area contributed by atoms with E-state index in [4.69, 9.17) is 11.6 Å². The highest BCUT2D eigenvalue weighted by Crippen LogP contribution is 2.38. The number of fused-ring (bicyclic) bond motifs is 1. The Balaban J connectivity index is 2.33. The summed E-state index contributed by atoms with van der Waals surface area (Å²) in [7, 11) is 0. The highest BCUT2D eigenvalue weighted by molar-refractivity contribution is 6.28. The number of aromatic amines is 1. The van der Waals surface area contributed by atoms with Gasteiger partial charge in [-0.2, -0.15) is 13.2 Å². The summed E-state index contributed by atoms with van der Waals surface area (Å²) < 4.78 is 39.4. The number of aromatic nitrogens is 3. The number of nitrogens with one attached hydrogen (secondary N) is 1. The largest absolute Gasteiger partial charge is 0.419 e. The number of hydrogen-bond donors (Lipinski definition) is 1. The topological polar surface area (TPSA) is 41.6 Å². The number of aryl methyl sites for hydroxylation is 1. The third kappa shape index (κ3) is 2.35. The second kappa shape index (κ2) is 4.73. The Bertz CT molecular complexity index is 824. The van der Waals surface area contributed by atoms with E-state index in [1.54, 1.807) is 12.1 Å². The molecule has 1 aromatic carbocycles. The molecule has 0 amide bonds. The van der Waals surface area contributed by atoms with E-state index < -0.39 is 11.7 Å². The van der Waals surface area contributed by atoms with Crippen LogP contribution in [-0.2, 0) is 6.18 Å². The number of rotatable bonds is 1. The van der Waals surface area contributed by atoms with Gasteiger partial charge in [0, 0.05) is 28.9 Å². The Hall–Kier alpha value is -2.08. The molecule has 0 aliphatic heterocycles. The SMILES string of the molecule is Cc1cccc2c(-c3nc(Cl)ncc3C(F)(F)F)c[nH]c12. The molecule has 0 fully saturated rings. The van der Waals surface area contributed by atoms with Crippen LogP contribution in [0.5, 0.6) is 0 Å². The van der Waals surface area contributed by atoms with Crippen molar-refractivity contribution in [2.24, 2.45) is 0 Å². The van der Waals surface area contributed by atoms with E-state index in [-0.39, 0.29) is 11.0 Å². The molecular weight excluding hydrogens is 303 g/mol. The highest BCUT2D eigenvalue weighted by atomic mass is 35.5. The monoisotopic (exact) mass is 311 g/mol. The van der Waals surface area contributed by atoms with Gasteiger partial charge in [0.25, 0.3) is 0 Å². The average molecular weight is 312 g/mol. The van der Waals surface area contributed by atoms with Gasteiger partial charge in [-0.3, -0.25) is 0 Å². The van der Waals surface area contributed by atoms with Crippen LogP contribution in [0, 0.1) is 6.92 Å². The van der Waals surface area contributed by atoms with Crippen molar-refractivity contribution in [1.82, 2.24) is 15.0 Å². The average Bonchev–Trinajstić information content (AvgIpc) is 2.82. The summed E-state index contributed by atoms with van der Waals surface area (Å²) in [5, 5.41) is 0.440. The first kappa shape index (κ1) is 13.9. The van der Waals surface area contributed by atoms with Gasteiger partial charge in [-0.05, 0) is 24.1 Å². The molecule has 0 radical (unpaired) electrons. The summed E-state index contributed by atoms with van der Waals surface area (Å²) in [6, 6.07) is 5.40. The lowest BCUT2D eigenvalue weighted by Crippen LogP contribution is -2.09. The Morgan fingerprint density at radius 2 is 2.00 bits per heavy atom. The molecule has 0 bridgehead atoms. The molecule has 0 spiro atoms. The first-order chi connectivity index (χ1) is 9.88. The van der Waals surface area contributed by atoms with Crippen molar-refractivity contribution in [3.05, 3.63) is 47.0 Å². The van der Waals surface area contributed by atoms with Crippen molar-refractivity contribution in [2.45, 2.75) is 13.1 Å². The van der Waals surface area contributed by atoms with E-state index in [9.17, 15) is 13.2 Å². The molecule has 0 saturated carbocycles. The van der Waals surface area contributed by atoms with Crippen LogP contribution in [0.15, 0.2) is 30.6 Å². The number of nitrogens with zero attached hydrogens (tertiary/aromatic N) is 2.